The van der Waals surface area contributed by atoms with Crippen molar-refractivity contribution in [1.29, 1.82) is 0 Å². The summed E-state index contributed by atoms with van der Waals surface area (Å²) in [5.74, 6) is 0.481. The molecule has 0 aliphatic carbocycles. The standard InChI is InChI=1S/C24H18INO4S/c25-31-26-12-11-18-14-22(9-10-23(18)26)30-21-8-4-7-19(15-21)24(28)29-16-20(27)13-17-5-2-1-3-6-17/h1-12,14-15H,13,16H2. The predicted octanol–water partition coefficient (Wildman–Crippen LogP) is 6.25. The highest BCUT2D eigenvalue weighted by Crippen LogP contribution is 2.30. The molecule has 31 heavy (non-hydrogen) atoms. The second-order valence-corrected chi connectivity index (χ2v) is 8.55. The van der Waals surface area contributed by atoms with Gasteiger partial charge in [0.2, 0.25) is 0 Å². The van der Waals surface area contributed by atoms with E-state index in [1.165, 1.54) is 0 Å². The van der Waals surface area contributed by atoms with Crippen molar-refractivity contribution < 1.29 is 19.1 Å². The van der Waals surface area contributed by atoms with Crippen LogP contribution in [-0.4, -0.2) is 22.3 Å². The van der Waals surface area contributed by atoms with E-state index in [9.17, 15) is 9.59 Å². The summed E-state index contributed by atoms with van der Waals surface area (Å²) in [6.45, 7) is -0.263. The molecule has 0 N–H and O–H groups in total. The number of fused-ring (bicyclic) bond motifs is 1. The number of carbonyl (C=O) groups is 2. The number of hydrogen-bond acceptors (Lipinski definition) is 5. The third-order valence-electron chi connectivity index (χ3n) is 4.61. The second-order valence-electron chi connectivity index (χ2n) is 6.84. The first-order chi connectivity index (χ1) is 15.1. The molecule has 0 bridgehead atoms. The maximum Gasteiger partial charge on any atom is 0.338 e. The van der Waals surface area contributed by atoms with E-state index < -0.39 is 5.97 Å². The Morgan fingerprint density at radius 1 is 0.903 bits per heavy atom. The number of hydrogen-bond donors (Lipinski definition) is 0. The Balaban J connectivity index is 1.38. The van der Waals surface area contributed by atoms with Gasteiger partial charge in [0, 0.05) is 48.3 Å². The summed E-state index contributed by atoms with van der Waals surface area (Å²) in [5.41, 5.74) is 2.33. The van der Waals surface area contributed by atoms with Crippen molar-refractivity contribution in [3.63, 3.8) is 0 Å². The Bertz CT molecular complexity index is 1220. The lowest BCUT2D eigenvalue weighted by Gasteiger charge is -2.09. The average Bonchev–Trinajstić information content (AvgIpc) is 3.20. The quantitative estimate of drug-likeness (QED) is 0.194. The first-order valence-electron chi connectivity index (χ1n) is 9.53. The predicted molar refractivity (Wildman–Crippen MR) is 131 cm³/mol. The van der Waals surface area contributed by atoms with Crippen LogP contribution in [0.2, 0.25) is 0 Å². The van der Waals surface area contributed by atoms with Gasteiger partial charge in [-0.3, -0.25) is 8.77 Å². The average molecular weight is 543 g/mol. The summed E-state index contributed by atoms with van der Waals surface area (Å²) in [6.07, 6.45) is 2.23. The highest BCUT2D eigenvalue weighted by Gasteiger charge is 2.12. The van der Waals surface area contributed by atoms with E-state index in [1.807, 2.05) is 60.8 Å². The van der Waals surface area contributed by atoms with E-state index >= 15 is 0 Å². The molecular weight excluding hydrogens is 525 g/mol. The summed E-state index contributed by atoms with van der Waals surface area (Å²) in [5, 5.41) is 1.06. The molecule has 0 saturated carbocycles. The summed E-state index contributed by atoms with van der Waals surface area (Å²) in [7, 11) is 1.60. The Morgan fingerprint density at radius 2 is 1.71 bits per heavy atom. The maximum absolute atomic E-state index is 12.4. The zero-order valence-corrected chi connectivity index (χ0v) is 19.3. The van der Waals surface area contributed by atoms with Crippen molar-refractivity contribution in [1.82, 2.24) is 3.97 Å². The molecule has 156 valence electrons. The fourth-order valence-corrected chi connectivity index (χ4v) is 4.52. The summed E-state index contributed by atoms with van der Waals surface area (Å²) >= 11 is 2.23. The van der Waals surface area contributed by atoms with Gasteiger partial charge >= 0.3 is 5.97 Å². The van der Waals surface area contributed by atoms with Gasteiger partial charge < -0.3 is 9.47 Å². The Kier molecular flexibility index (Phi) is 6.93. The molecule has 1 aromatic heterocycles. The monoisotopic (exact) mass is 543 g/mol. The number of Topliss-reactive ketones (excluding diaryl/α,β-unsaturated/α-hetero) is 1. The maximum atomic E-state index is 12.4. The molecule has 0 radical (unpaired) electrons. The first-order valence-corrected chi connectivity index (χ1v) is 12.8. The lowest BCUT2D eigenvalue weighted by Crippen LogP contribution is -2.15. The molecule has 4 rings (SSSR count). The summed E-state index contributed by atoms with van der Waals surface area (Å²) in [6, 6.07) is 24.0. The number of esters is 1. The lowest BCUT2D eigenvalue weighted by molar-refractivity contribution is -0.121. The zero-order chi connectivity index (χ0) is 21.6. The van der Waals surface area contributed by atoms with Gasteiger partial charge in [-0.2, -0.15) is 0 Å². The van der Waals surface area contributed by atoms with Crippen LogP contribution < -0.4 is 4.74 Å². The van der Waals surface area contributed by atoms with Gasteiger partial charge in [-0.25, -0.2) is 4.79 Å². The van der Waals surface area contributed by atoms with Gasteiger partial charge in [0.05, 0.1) is 11.1 Å². The molecule has 0 amide bonds. The highest BCUT2D eigenvalue weighted by molar-refractivity contribution is 14.2. The fraction of sp³-hybridized carbons (Fsp3) is 0.0833. The van der Waals surface area contributed by atoms with E-state index in [-0.39, 0.29) is 18.8 Å². The van der Waals surface area contributed by atoms with Crippen LogP contribution in [0.1, 0.15) is 15.9 Å². The van der Waals surface area contributed by atoms with E-state index in [4.69, 9.17) is 9.47 Å². The SMILES string of the molecule is O=C(COC(=O)c1cccc(Oc2ccc3c(ccn3SI)c2)c1)Cc1ccccc1. The fourth-order valence-electron chi connectivity index (χ4n) is 3.15. The Labute approximate surface area is 196 Å². The van der Waals surface area contributed by atoms with E-state index in [0.29, 0.717) is 17.1 Å². The van der Waals surface area contributed by atoms with E-state index in [2.05, 4.69) is 25.2 Å². The number of aromatic nitrogens is 1. The third-order valence-corrected chi connectivity index (χ3v) is 6.35. The molecular formula is C24H18INO4S. The summed E-state index contributed by atoms with van der Waals surface area (Å²) in [4.78, 5) is 24.5. The smallest absolute Gasteiger partial charge is 0.338 e. The minimum Gasteiger partial charge on any atom is -0.457 e. The number of benzene rings is 3. The van der Waals surface area contributed by atoms with E-state index in [0.717, 1.165) is 16.5 Å². The largest absolute Gasteiger partial charge is 0.457 e. The first kappa shape index (κ1) is 21.5. The minimum atomic E-state index is -0.557. The van der Waals surface area contributed by atoms with Crippen LogP contribution in [-0.2, 0) is 16.0 Å². The highest BCUT2D eigenvalue weighted by atomic mass is 127. The van der Waals surface area contributed by atoms with Crippen LogP contribution in [0, 0.1) is 0 Å². The van der Waals surface area contributed by atoms with Crippen LogP contribution in [0.25, 0.3) is 10.9 Å². The molecule has 1 heterocycles. The van der Waals surface area contributed by atoms with Crippen LogP contribution >= 0.6 is 30.3 Å². The zero-order valence-electron chi connectivity index (χ0n) is 16.4. The molecule has 0 unspecified atom stereocenters. The van der Waals surface area contributed by atoms with Crippen LogP contribution in [0.3, 0.4) is 0 Å². The van der Waals surface area contributed by atoms with Crippen LogP contribution in [0.5, 0.6) is 11.5 Å². The van der Waals surface area contributed by atoms with Crippen molar-refractivity contribution in [3.8, 4) is 11.5 Å². The number of ketones is 1. The molecule has 0 spiro atoms. The van der Waals surface area contributed by atoms with Gasteiger partial charge in [0.15, 0.2) is 12.4 Å². The molecule has 7 heteroatoms. The van der Waals surface area contributed by atoms with Crippen molar-refractivity contribution in [3.05, 3.63) is 96.2 Å². The van der Waals surface area contributed by atoms with Gasteiger partial charge in [-0.1, -0.05) is 36.4 Å². The Morgan fingerprint density at radius 3 is 2.52 bits per heavy atom. The van der Waals surface area contributed by atoms with Crippen molar-refractivity contribution in [2.24, 2.45) is 0 Å². The number of halogens is 1. The van der Waals surface area contributed by atoms with Gasteiger partial charge in [-0.15, -0.1) is 0 Å². The van der Waals surface area contributed by atoms with E-state index in [1.54, 1.807) is 33.4 Å². The van der Waals surface area contributed by atoms with Crippen molar-refractivity contribution in [2.75, 3.05) is 6.61 Å². The molecule has 0 aliphatic heterocycles. The number of rotatable bonds is 8. The Hall–Kier alpha value is -2.78. The number of nitrogens with zero attached hydrogens (tertiary/aromatic N) is 1. The molecule has 5 nitrogen and oxygen atoms in total. The number of ether oxygens (including phenoxy) is 2. The topological polar surface area (TPSA) is 57.5 Å². The molecule has 0 atom stereocenters. The van der Waals surface area contributed by atoms with Crippen molar-refractivity contribution >= 4 is 53.0 Å². The minimum absolute atomic E-state index is 0.156. The molecule has 0 saturated heterocycles. The van der Waals surface area contributed by atoms with Gasteiger partial charge in [-0.05, 0) is 48.0 Å². The normalized spacial score (nSPS) is 10.7. The molecule has 3 aromatic carbocycles. The number of carbonyl (C=O) groups excluding carboxylic acids is 2. The van der Waals surface area contributed by atoms with Gasteiger partial charge in [0.25, 0.3) is 0 Å². The molecule has 0 fully saturated rings. The molecule has 4 aromatic rings. The second kappa shape index (κ2) is 10.0. The van der Waals surface area contributed by atoms with Gasteiger partial charge in [0.1, 0.15) is 11.5 Å². The summed E-state index contributed by atoms with van der Waals surface area (Å²) < 4.78 is 13.2. The molecule has 0 aliphatic rings. The third kappa shape index (κ3) is 5.48. The van der Waals surface area contributed by atoms with Crippen LogP contribution in [0.15, 0.2) is 85.1 Å². The lowest BCUT2D eigenvalue weighted by atomic mass is 10.1. The van der Waals surface area contributed by atoms with Crippen LogP contribution in [0.4, 0.5) is 0 Å². The van der Waals surface area contributed by atoms with Crippen molar-refractivity contribution in [2.45, 2.75) is 6.42 Å².